The molecule has 1 fully saturated rings. The summed E-state index contributed by atoms with van der Waals surface area (Å²) in [5.74, 6) is -0.229. The second-order valence-corrected chi connectivity index (χ2v) is 6.55. The van der Waals surface area contributed by atoms with Gasteiger partial charge in [0.2, 0.25) is 0 Å². The lowest BCUT2D eigenvalue weighted by atomic mass is 10.2. The first kappa shape index (κ1) is 16.1. The molecular weight excluding hydrogens is 314 g/mol. The Morgan fingerprint density at radius 3 is 3.13 bits per heavy atom. The summed E-state index contributed by atoms with van der Waals surface area (Å²) in [6.45, 7) is 4.92. The topological polar surface area (TPSA) is 83.3 Å². The smallest absolute Gasteiger partial charge is 0.271 e. The maximum Gasteiger partial charge on any atom is 0.271 e. The highest BCUT2D eigenvalue weighted by Gasteiger charge is 2.32. The average molecular weight is 335 g/mol. The largest absolute Gasteiger partial charge is 0.390 e. The summed E-state index contributed by atoms with van der Waals surface area (Å²) >= 11 is 1.38. The van der Waals surface area contributed by atoms with Gasteiger partial charge >= 0.3 is 0 Å². The Labute approximate surface area is 138 Å². The maximum absolute atomic E-state index is 12.0. The van der Waals surface area contributed by atoms with Crippen molar-refractivity contribution in [2.45, 2.75) is 38.6 Å². The molecule has 2 aromatic rings. The van der Waals surface area contributed by atoms with E-state index in [0.717, 1.165) is 25.1 Å². The van der Waals surface area contributed by atoms with Crippen LogP contribution >= 0.6 is 11.3 Å². The molecule has 0 saturated carbocycles. The van der Waals surface area contributed by atoms with Gasteiger partial charge in [0.15, 0.2) is 0 Å². The predicted molar refractivity (Wildman–Crippen MR) is 87.2 cm³/mol. The highest BCUT2D eigenvalue weighted by atomic mass is 32.1. The molecule has 0 aliphatic carbocycles. The van der Waals surface area contributed by atoms with Gasteiger partial charge in [0, 0.05) is 43.3 Å². The van der Waals surface area contributed by atoms with Crippen LogP contribution < -0.4 is 5.32 Å². The summed E-state index contributed by atoms with van der Waals surface area (Å²) in [5.41, 5.74) is 3.15. The van der Waals surface area contributed by atoms with Gasteiger partial charge in [-0.3, -0.25) is 14.4 Å². The zero-order valence-electron chi connectivity index (χ0n) is 13.1. The SMILES string of the molecule is CCCn1cc(CN2C[C@@H](O)[C@H](NC(=O)c3cscn3)C2)cn1. The van der Waals surface area contributed by atoms with E-state index in [1.807, 2.05) is 17.1 Å². The highest BCUT2D eigenvalue weighted by molar-refractivity contribution is 7.07. The molecule has 2 N–H and O–H groups in total. The standard InChI is InChI=1S/C15H21N5O2S/c1-2-3-20-6-11(4-17-20)5-19-7-12(14(21)8-19)18-15(22)13-9-23-10-16-13/h4,6,9-10,12,14,21H,2-3,5,7-8H2,1H3,(H,18,22)/t12-,14-/m1/s1. The van der Waals surface area contributed by atoms with Crippen LogP contribution in [0.1, 0.15) is 29.4 Å². The Morgan fingerprint density at radius 2 is 2.39 bits per heavy atom. The Morgan fingerprint density at radius 1 is 1.52 bits per heavy atom. The Balaban J connectivity index is 1.54. The molecule has 3 rings (SSSR count). The van der Waals surface area contributed by atoms with E-state index in [1.165, 1.54) is 11.3 Å². The average Bonchev–Trinajstić information content (AvgIpc) is 3.23. The van der Waals surface area contributed by atoms with Gasteiger partial charge in [-0.1, -0.05) is 6.92 Å². The molecule has 1 aliphatic rings. The second kappa shape index (κ2) is 7.20. The molecule has 0 aromatic carbocycles. The van der Waals surface area contributed by atoms with Crippen LogP contribution in [0.3, 0.4) is 0 Å². The van der Waals surface area contributed by atoms with Crippen LogP contribution in [0.5, 0.6) is 0 Å². The molecule has 1 aliphatic heterocycles. The van der Waals surface area contributed by atoms with Crippen molar-refractivity contribution in [2.24, 2.45) is 0 Å². The molecule has 2 aromatic heterocycles. The van der Waals surface area contributed by atoms with Crippen molar-refractivity contribution < 1.29 is 9.90 Å². The molecule has 1 saturated heterocycles. The monoisotopic (exact) mass is 335 g/mol. The molecule has 8 heteroatoms. The van der Waals surface area contributed by atoms with Crippen molar-refractivity contribution in [3.63, 3.8) is 0 Å². The first-order valence-corrected chi connectivity index (χ1v) is 8.70. The van der Waals surface area contributed by atoms with E-state index < -0.39 is 6.10 Å². The van der Waals surface area contributed by atoms with Crippen molar-refractivity contribution in [1.82, 2.24) is 25.0 Å². The van der Waals surface area contributed by atoms with Crippen LogP contribution in [0.2, 0.25) is 0 Å². The first-order valence-electron chi connectivity index (χ1n) is 7.76. The lowest BCUT2D eigenvalue weighted by Gasteiger charge is -2.15. The summed E-state index contributed by atoms with van der Waals surface area (Å²) in [4.78, 5) is 18.2. The molecule has 23 heavy (non-hydrogen) atoms. The number of likely N-dealkylation sites (tertiary alicyclic amines) is 1. The summed E-state index contributed by atoms with van der Waals surface area (Å²) in [7, 11) is 0. The number of rotatable bonds is 6. The lowest BCUT2D eigenvalue weighted by Crippen LogP contribution is -2.42. The van der Waals surface area contributed by atoms with Gasteiger partial charge < -0.3 is 10.4 Å². The number of aliphatic hydroxyl groups excluding tert-OH is 1. The van der Waals surface area contributed by atoms with Gasteiger partial charge in [-0.05, 0) is 6.42 Å². The van der Waals surface area contributed by atoms with E-state index in [9.17, 15) is 9.90 Å². The number of aromatic nitrogens is 3. The molecule has 2 atom stereocenters. The number of nitrogens with one attached hydrogen (secondary N) is 1. The quantitative estimate of drug-likeness (QED) is 0.813. The number of nitrogens with zero attached hydrogens (tertiary/aromatic N) is 4. The normalized spacial score (nSPS) is 21.7. The van der Waals surface area contributed by atoms with E-state index in [4.69, 9.17) is 0 Å². The molecule has 0 bridgehead atoms. The minimum atomic E-state index is -0.566. The van der Waals surface area contributed by atoms with Crippen LogP contribution in [0.15, 0.2) is 23.3 Å². The third-order valence-corrected chi connectivity index (χ3v) is 4.48. The Kier molecular flexibility index (Phi) is 5.04. The lowest BCUT2D eigenvalue weighted by molar-refractivity contribution is 0.0884. The third kappa shape index (κ3) is 3.95. The predicted octanol–water partition coefficient (Wildman–Crippen LogP) is 0.725. The van der Waals surface area contributed by atoms with Gasteiger partial charge in [-0.15, -0.1) is 11.3 Å². The fourth-order valence-corrected chi connectivity index (χ4v) is 3.33. The second-order valence-electron chi connectivity index (χ2n) is 5.83. The fourth-order valence-electron chi connectivity index (χ4n) is 2.80. The van der Waals surface area contributed by atoms with Crippen molar-refractivity contribution in [1.29, 1.82) is 0 Å². The number of hydrogen-bond donors (Lipinski definition) is 2. The van der Waals surface area contributed by atoms with Gasteiger partial charge in [-0.2, -0.15) is 5.10 Å². The van der Waals surface area contributed by atoms with Crippen LogP contribution in [0.4, 0.5) is 0 Å². The number of hydrogen-bond acceptors (Lipinski definition) is 6. The number of carbonyl (C=O) groups excluding carboxylic acids is 1. The maximum atomic E-state index is 12.0. The van der Waals surface area contributed by atoms with E-state index in [1.54, 1.807) is 10.9 Å². The van der Waals surface area contributed by atoms with E-state index in [2.05, 4.69) is 27.2 Å². The van der Waals surface area contributed by atoms with E-state index >= 15 is 0 Å². The summed E-state index contributed by atoms with van der Waals surface area (Å²) in [6.07, 6.45) is 4.39. The van der Waals surface area contributed by atoms with Crippen molar-refractivity contribution in [2.75, 3.05) is 13.1 Å². The van der Waals surface area contributed by atoms with Crippen LogP contribution in [0.25, 0.3) is 0 Å². The van der Waals surface area contributed by atoms with Crippen LogP contribution in [0, 0.1) is 0 Å². The Hall–Kier alpha value is -1.77. The molecular formula is C15H21N5O2S. The summed E-state index contributed by atoms with van der Waals surface area (Å²) < 4.78 is 1.93. The molecule has 0 radical (unpaired) electrons. The van der Waals surface area contributed by atoms with Crippen LogP contribution in [-0.2, 0) is 13.1 Å². The molecule has 1 amide bonds. The van der Waals surface area contributed by atoms with E-state index in [0.29, 0.717) is 18.8 Å². The zero-order chi connectivity index (χ0) is 16.2. The van der Waals surface area contributed by atoms with Gasteiger partial charge in [0.25, 0.3) is 5.91 Å². The van der Waals surface area contributed by atoms with Crippen molar-refractivity contribution in [3.05, 3.63) is 34.5 Å². The van der Waals surface area contributed by atoms with Gasteiger partial charge in [-0.25, -0.2) is 4.98 Å². The number of β-amino-alcohol motifs (C(OH)–C–C–N with tert-alkyl or cyclic N) is 1. The van der Waals surface area contributed by atoms with E-state index in [-0.39, 0.29) is 11.9 Å². The Bertz CT molecular complexity index is 642. The zero-order valence-corrected chi connectivity index (χ0v) is 13.9. The van der Waals surface area contributed by atoms with Crippen molar-refractivity contribution in [3.8, 4) is 0 Å². The number of amides is 1. The van der Waals surface area contributed by atoms with Crippen molar-refractivity contribution >= 4 is 17.2 Å². The third-order valence-electron chi connectivity index (χ3n) is 3.89. The van der Waals surface area contributed by atoms with Crippen LogP contribution in [-0.4, -0.2) is 55.9 Å². The number of aliphatic hydroxyl groups is 1. The fraction of sp³-hybridized carbons (Fsp3) is 0.533. The molecule has 7 nitrogen and oxygen atoms in total. The minimum Gasteiger partial charge on any atom is -0.390 e. The summed E-state index contributed by atoms with van der Waals surface area (Å²) in [6, 6.07) is -0.269. The number of carbonyl (C=O) groups is 1. The van der Waals surface area contributed by atoms with Gasteiger partial charge in [0.05, 0.1) is 23.9 Å². The number of aryl methyl sites for hydroxylation is 1. The van der Waals surface area contributed by atoms with Gasteiger partial charge in [0.1, 0.15) is 5.69 Å². The number of thiazole rings is 1. The highest BCUT2D eigenvalue weighted by Crippen LogP contribution is 2.15. The minimum absolute atomic E-state index is 0.229. The first-order chi connectivity index (χ1) is 11.2. The molecule has 3 heterocycles. The molecule has 0 spiro atoms. The summed E-state index contributed by atoms with van der Waals surface area (Å²) in [5, 5.41) is 19.1. The molecule has 0 unspecified atom stereocenters. The molecule has 124 valence electrons.